The molecule has 146 valence electrons. The van der Waals surface area contributed by atoms with Crippen molar-refractivity contribution in [1.29, 1.82) is 0 Å². The second kappa shape index (κ2) is 7.93. The van der Waals surface area contributed by atoms with E-state index in [4.69, 9.17) is 22.1 Å². The summed E-state index contributed by atoms with van der Waals surface area (Å²) in [6.07, 6.45) is 3.61. The fraction of sp³-hybridized carbons (Fsp3) is 0.136. The van der Waals surface area contributed by atoms with Gasteiger partial charge in [-0.2, -0.15) is 0 Å². The number of hydrogen-bond donors (Lipinski definition) is 1. The summed E-state index contributed by atoms with van der Waals surface area (Å²) in [5.74, 6) is 0.546. The molecule has 1 aliphatic rings. The molecule has 2 heterocycles. The standard InChI is InChI=1S/C22H18ClN3O3/c23-16-6-7-19(20(11-16)29-18-5-2-8-25-12-18)15-10-21(27)26(13-15)17-4-1-3-14(9-17)22(24)28/h1-9,11-12,15H,10,13H2,(H2,24,28). The third-order valence-electron chi connectivity index (χ3n) is 4.85. The monoisotopic (exact) mass is 407 g/mol. The summed E-state index contributed by atoms with van der Waals surface area (Å²) in [6, 6.07) is 15.8. The first-order valence-corrected chi connectivity index (χ1v) is 9.46. The van der Waals surface area contributed by atoms with E-state index >= 15 is 0 Å². The molecule has 1 fully saturated rings. The number of ether oxygens (including phenoxy) is 1. The minimum atomic E-state index is -0.528. The zero-order valence-corrected chi connectivity index (χ0v) is 16.2. The van der Waals surface area contributed by atoms with E-state index in [1.807, 2.05) is 6.07 Å². The highest BCUT2D eigenvalue weighted by atomic mass is 35.5. The van der Waals surface area contributed by atoms with Gasteiger partial charge in [0.05, 0.1) is 6.20 Å². The quantitative estimate of drug-likeness (QED) is 0.688. The summed E-state index contributed by atoms with van der Waals surface area (Å²) < 4.78 is 5.99. The molecule has 1 saturated heterocycles. The van der Waals surface area contributed by atoms with Crippen molar-refractivity contribution < 1.29 is 14.3 Å². The van der Waals surface area contributed by atoms with Crippen LogP contribution in [0.4, 0.5) is 5.69 Å². The Hall–Kier alpha value is -3.38. The molecular formula is C22H18ClN3O3. The third-order valence-corrected chi connectivity index (χ3v) is 5.08. The van der Waals surface area contributed by atoms with Crippen LogP contribution in [0.15, 0.2) is 67.0 Å². The number of rotatable bonds is 5. The zero-order valence-electron chi connectivity index (χ0n) is 15.4. The van der Waals surface area contributed by atoms with Crippen molar-refractivity contribution in [3.8, 4) is 11.5 Å². The molecule has 2 N–H and O–H groups in total. The fourth-order valence-electron chi connectivity index (χ4n) is 3.46. The number of pyridine rings is 1. The van der Waals surface area contributed by atoms with E-state index in [0.29, 0.717) is 40.7 Å². The molecule has 1 atom stereocenters. The number of hydrogen-bond acceptors (Lipinski definition) is 4. The average Bonchev–Trinajstić information content (AvgIpc) is 3.10. The Morgan fingerprint density at radius 1 is 1.17 bits per heavy atom. The Balaban J connectivity index is 1.62. The van der Waals surface area contributed by atoms with Crippen molar-refractivity contribution in [2.45, 2.75) is 12.3 Å². The van der Waals surface area contributed by atoms with Crippen LogP contribution >= 0.6 is 11.6 Å². The van der Waals surface area contributed by atoms with Crippen molar-refractivity contribution in [2.24, 2.45) is 5.73 Å². The number of amides is 2. The van der Waals surface area contributed by atoms with Crippen molar-refractivity contribution >= 4 is 29.1 Å². The second-order valence-electron chi connectivity index (χ2n) is 6.79. The first-order valence-electron chi connectivity index (χ1n) is 9.09. The number of primary amides is 1. The maximum atomic E-state index is 12.7. The molecule has 4 rings (SSSR count). The summed E-state index contributed by atoms with van der Waals surface area (Å²) in [5, 5.41) is 0.544. The van der Waals surface area contributed by atoms with Crippen LogP contribution < -0.4 is 15.4 Å². The molecule has 2 amide bonds. The van der Waals surface area contributed by atoms with Crippen molar-refractivity contribution in [1.82, 2.24) is 4.98 Å². The van der Waals surface area contributed by atoms with Crippen molar-refractivity contribution in [3.63, 3.8) is 0 Å². The number of benzene rings is 2. The van der Waals surface area contributed by atoms with Crippen LogP contribution in [0.2, 0.25) is 5.02 Å². The molecule has 0 aliphatic carbocycles. The lowest BCUT2D eigenvalue weighted by molar-refractivity contribution is -0.117. The molecule has 0 radical (unpaired) electrons. The molecule has 2 aromatic carbocycles. The topological polar surface area (TPSA) is 85.5 Å². The van der Waals surface area contributed by atoms with E-state index in [1.165, 1.54) is 0 Å². The summed E-state index contributed by atoms with van der Waals surface area (Å²) >= 11 is 6.17. The first kappa shape index (κ1) is 19.0. The SMILES string of the molecule is NC(=O)c1cccc(N2CC(c3ccc(Cl)cc3Oc3cccnc3)CC2=O)c1. The molecule has 0 saturated carbocycles. The molecule has 1 aromatic heterocycles. The Morgan fingerprint density at radius 2 is 2.03 bits per heavy atom. The van der Waals surface area contributed by atoms with Gasteiger partial charge in [-0.1, -0.05) is 23.7 Å². The van der Waals surface area contributed by atoms with E-state index in [9.17, 15) is 9.59 Å². The van der Waals surface area contributed by atoms with E-state index in [-0.39, 0.29) is 11.8 Å². The Bertz CT molecular complexity index is 1070. The van der Waals surface area contributed by atoms with Crippen LogP contribution in [0.5, 0.6) is 11.5 Å². The van der Waals surface area contributed by atoms with Crippen LogP contribution in [0.1, 0.15) is 28.3 Å². The van der Waals surface area contributed by atoms with Crippen LogP contribution in [0, 0.1) is 0 Å². The Kier molecular flexibility index (Phi) is 5.18. The van der Waals surface area contributed by atoms with Crippen molar-refractivity contribution in [3.05, 3.63) is 83.1 Å². The highest BCUT2D eigenvalue weighted by Crippen LogP contribution is 2.39. The Morgan fingerprint density at radius 3 is 2.79 bits per heavy atom. The largest absolute Gasteiger partial charge is 0.455 e. The molecule has 1 aliphatic heterocycles. The van der Waals surface area contributed by atoms with Gasteiger partial charge >= 0.3 is 0 Å². The molecule has 29 heavy (non-hydrogen) atoms. The zero-order chi connectivity index (χ0) is 20.4. The number of halogens is 1. The number of nitrogens with two attached hydrogens (primary N) is 1. The lowest BCUT2D eigenvalue weighted by Gasteiger charge is -2.19. The lowest BCUT2D eigenvalue weighted by Crippen LogP contribution is -2.24. The van der Waals surface area contributed by atoms with Gasteiger partial charge in [0.2, 0.25) is 11.8 Å². The second-order valence-corrected chi connectivity index (χ2v) is 7.23. The first-order chi connectivity index (χ1) is 14.0. The average molecular weight is 408 g/mol. The molecule has 1 unspecified atom stereocenters. The van der Waals surface area contributed by atoms with Gasteiger partial charge in [0.15, 0.2) is 0 Å². The molecular weight excluding hydrogens is 390 g/mol. The van der Waals surface area contributed by atoms with Crippen molar-refractivity contribution in [2.75, 3.05) is 11.4 Å². The van der Waals surface area contributed by atoms with Gasteiger partial charge in [-0.05, 0) is 42.5 Å². The molecule has 0 spiro atoms. The number of carbonyl (C=O) groups excluding carboxylic acids is 2. The van der Waals surface area contributed by atoms with E-state index in [0.717, 1.165) is 5.56 Å². The Labute approximate surface area is 172 Å². The summed E-state index contributed by atoms with van der Waals surface area (Å²) in [7, 11) is 0. The van der Waals surface area contributed by atoms with Crippen LogP contribution in [0.3, 0.4) is 0 Å². The van der Waals surface area contributed by atoms with Gasteiger partial charge in [0.25, 0.3) is 0 Å². The summed E-state index contributed by atoms with van der Waals surface area (Å²) in [4.78, 5) is 29.9. The summed E-state index contributed by atoms with van der Waals surface area (Å²) in [6.45, 7) is 0.464. The molecule has 6 nitrogen and oxygen atoms in total. The maximum absolute atomic E-state index is 12.7. The van der Waals surface area contributed by atoms with Crippen LogP contribution in [0.25, 0.3) is 0 Å². The molecule has 0 bridgehead atoms. The maximum Gasteiger partial charge on any atom is 0.248 e. The number of aromatic nitrogens is 1. The van der Waals surface area contributed by atoms with Gasteiger partial charge in [-0.15, -0.1) is 0 Å². The smallest absolute Gasteiger partial charge is 0.248 e. The minimum Gasteiger partial charge on any atom is -0.455 e. The van der Waals surface area contributed by atoms with Gasteiger partial charge in [0, 0.05) is 46.9 Å². The predicted molar refractivity (Wildman–Crippen MR) is 110 cm³/mol. The van der Waals surface area contributed by atoms with Gasteiger partial charge in [-0.25, -0.2) is 0 Å². The summed E-state index contributed by atoms with van der Waals surface area (Å²) in [5.41, 5.74) is 7.27. The van der Waals surface area contributed by atoms with E-state index in [1.54, 1.807) is 65.8 Å². The van der Waals surface area contributed by atoms with Crippen LogP contribution in [-0.4, -0.2) is 23.3 Å². The highest BCUT2D eigenvalue weighted by Gasteiger charge is 2.33. The third kappa shape index (κ3) is 4.07. The number of carbonyl (C=O) groups is 2. The van der Waals surface area contributed by atoms with Gasteiger partial charge in [-0.3, -0.25) is 14.6 Å². The predicted octanol–water partition coefficient (Wildman–Crippen LogP) is 4.15. The number of nitrogens with zero attached hydrogens (tertiary/aromatic N) is 2. The normalized spacial score (nSPS) is 16.1. The van der Waals surface area contributed by atoms with Crippen LogP contribution in [-0.2, 0) is 4.79 Å². The highest BCUT2D eigenvalue weighted by molar-refractivity contribution is 6.30. The molecule has 3 aromatic rings. The molecule has 7 heteroatoms. The minimum absolute atomic E-state index is 0.0288. The van der Waals surface area contributed by atoms with Gasteiger partial charge in [0.1, 0.15) is 11.5 Å². The fourth-order valence-corrected chi connectivity index (χ4v) is 3.62. The lowest BCUT2D eigenvalue weighted by atomic mass is 9.97. The van der Waals surface area contributed by atoms with E-state index < -0.39 is 5.91 Å². The number of anilines is 1. The van der Waals surface area contributed by atoms with E-state index in [2.05, 4.69) is 4.98 Å². The van der Waals surface area contributed by atoms with Gasteiger partial charge < -0.3 is 15.4 Å².